The normalized spacial score (nSPS) is 26.7. The first kappa shape index (κ1) is 13.7. The Balaban J connectivity index is 2.01. The van der Waals surface area contributed by atoms with Gasteiger partial charge >= 0.3 is 5.97 Å². The van der Waals surface area contributed by atoms with Crippen molar-refractivity contribution in [2.75, 3.05) is 7.11 Å². The minimum absolute atomic E-state index is 0.0344. The van der Waals surface area contributed by atoms with Gasteiger partial charge in [-0.3, -0.25) is 4.79 Å². The molecule has 1 aliphatic carbocycles. The lowest BCUT2D eigenvalue weighted by molar-refractivity contribution is -0.140. The number of carboxylic acid groups (broad SMARTS) is 1. The number of ether oxygens (including phenoxy) is 3. The maximum Gasteiger partial charge on any atom is 0.314 e. The SMILES string of the molecule is COc1c2c(c(C3(C(=O)O)CC3)c3c1OC(C)C3)OC(C)C2. The number of carboxylic acids is 1. The topological polar surface area (TPSA) is 65.0 Å². The lowest BCUT2D eigenvalue weighted by Gasteiger charge is -2.20. The van der Waals surface area contributed by atoms with E-state index in [9.17, 15) is 9.90 Å². The van der Waals surface area contributed by atoms with Gasteiger partial charge in [0.2, 0.25) is 0 Å². The fourth-order valence-electron chi connectivity index (χ4n) is 3.89. The molecule has 5 nitrogen and oxygen atoms in total. The fraction of sp³-hybridized carbons (Fsp3) is 0.588. The van der Waals surface area contributed by atoms with E-state index in [0.29, 0.717) is 19.3 Å². The second kappa shape index (κ2) is 4.31. The van der Waals surface area contributed by atoms with Crippen LogP contribution in [-0.4, -0.2) is 30.4 Å². The molecule has 118 valence electrons. The second-order valence-electron chi connectivity index (χ2n) is 6.68. The van der Waals surface area contributed by atoms with Gasteiger partial charge in [-0.15, -0.1) is 0 Å². The Morgan fingerprint density at radius 2 is 1.73 bits per heavy atom. The van der Waals surface area contributed by atoms with E-state index in [0.717, 1.165) is 40.4 Å². The van der Waals surface area contributed by atoms with Gasteiger partial charge in [0.25, 0.3) is 0 Å². The molecule has 5 heteroatoms. The molecule has 1 fully saturated rings. The zero-order valence-corrected chi connectivity index (χ0v) is 13.1. The van der Waals surface area contributed by atoms with Crippen LogP contribution in [-0.2, 0) is 23.1 Å². The van der Waals surface area contributed by atoms with E-state index in [1.54, 1.807) is 7.11 Å². The highest BCUT2D eigenvalue weighted by molar-refractivity contribution is 5.88. The number of rotatable bonds is 3. The Morgan fingerprint density at radius 3 is 2.27 bits per heavy atom. The van der Waals surface area contributed by atoms with E-state index in [2.05, 4.69) is 0 Å². The molecule has 2 heterocycles. The first-order valence-corrected chi connectivity index (χ1v) is 7.81. The van der Waals surface area contributed by atoms with Crippen LogP contribution in [0.25, 0.3) is 0 Å². The molecule has 0 bridgehead atoms. The van der Waals surface area contributed by atoms with Gasteiger partial charge in [-0.25, -0.2) is 0 Å². The van der Waals surface area contributed by atoms with Crippen molar-refractivity contribution in [3.63, 3.8) is 0 Å². The van der Waals surface area contributed by atoms with Crippen molar-refractivity contribution in [2.45, 2.75) is 57.2 Å². The standard InChI is InChI=1S/C17H20O5/c1-8-6-10-12(17(4-5-17)16(18)19)13-11(7-9(2)21-13)14(20-3)15(10)22-8/h8-9H,4-7H2,1-3H3,(H,18,19). The lowest BCUT2D eigenvalue weighted by Crippen LogP contribution is -2.22. The number of aliphatic carboxylic acids is 1. The van der Waals surface area contributed by atoms with Crippen LogP contribution in [0.2, 0.25) is 0 Å². The Kier molecular flexibility index (Phi) is 2.69. The molecule has 1 aromatic rings. The van der Waals surface area contributed by atoms with E-state index >= 15 is 0 Å². The summed E-state index contributed by atoms with van der Waals surface area (Å²) in [7, 11) is 1.63. The molecule has 1 aromatic carbocycles. The van der Waals surface area contributed by atoms with Crippen LogP contribution < -0.4 is 14.2 Å². The largest absolute Gasteiger partial charge is 0.492 e. The molecule has 0 saturated heterocycles. The summed E-state index contributed by atoms with van der Waals surface area (Å²) in [4.78, 5) is 11.9. The summed E-state index contributed by atoms with van der Waals surface area (Å²) in [6, 6.07) is 0. The van der Waals surface area contributed by atoms with Crippen LogP contribution in [0.1, 0.15) is 43.4 Å². The molecule has 1 N–H and O–H groups in total. The van der Waals surface area contributed by atoms with E-state index in [-0.39, 0.29) is 12.2 Å². The van der Waals surface area contributed by atoms with Gasteiger partial charge in [0.15, 0.2) is 11.5 Å². The third-order valence-corrected chi connectivity index (χ3v) is 5.02. The molecule has 0 radical (unpaired) electrons. The highest BCUT2D eigenvalue weighted by atomic mass is 16.5. The fourth-order valence-corrected chi connectivity index (χ4v) is 3.89. The smallest absolute Gasteiger partial charge is 0.314 e. The van der Waals surface area contributed by atoms with Crippen LogP contribution in [0.15, 0.2) is 0 Å². The van der Waals surface area contributed by atoms with Crippen molar-refractivity contribution in [2.24, 2.45) is 0 Å². The second-order valence-corrected chi connectivity index (χ2v) is 6.68. The summed E-state index contributed by atoms with van der Waals surface area (Å²) in [5, 5.41) is 9.75. The molecule has 0 aromatic heterocycles. The van der Waals surface area contributed by atoms with Gasteiger partial charge in [-0.05, 0) is 26.7 Å². The van der Waals surface area contributed by atoms with Crippen LogP contribution in [0.4, 0.5) is 0 Å². The number of hydrogen-bond acceptors (Lipinski definition) is 4. The maximum absolute atomic E-state index is 11.9. The maximum atomic E-state index is 11.9. The summed E-state index contributed by atoms with van der Waals surface area (Å²) < 4.78 is 17.6. The summed E-state index contributed by atoms with van der Waals surface area (Å²) in [6.45, 7) is 4.00. The Labute approximate surface area is 129 Å². The van der Waals surface area contributed by atoms with Crippen molar-refractivity contribution < 1.29 is 24.1 Å². The Bertz CT molecular complexity index is 635. The zero-order valence-electron chi connectivity index (χ0n) is 13.1. The number of hydrogen-bond donors (Lipinski definition) is 1. The van der Waals surface area contributed by atoms with E-state index in [4.69, 9.17) is 14.2 Å². The molecule has 0 spiro atoms. The van der Waals surface area contributed by atoms with Crippen LogP contribution >= 0.6 is 0 Å². The highest BCUT2D eigenvalue weighted by Gasteiger charge is 2.57. The van der Waals surface area contributed by atoms with Gasteiger partial charge in [0.1, 0.15) is 18.0 Å². The minimum atomic E-state index is -0.794. The number of fused-ring (bicyclic) bond motifs is 2. The molecule has 2 unspecified atom stereocenters. The third-order valence-electron chi connectivity index (χ3n) is 5.02. The van der Waals surface area contributed by atoms with Crippen LogP contribution in [0, 0.1) is 0 Å². The predicted octanol–water partition coefficient (Wildman–Crippen LogP) is 2.46. The third kappa shape index (κ3) is 1.62. The van der Waals surface area contributed by atoms with E-state index in [1.165, 1.54) is 0 Å². The zero-order chi connectivity index (χ0) is 15.6. The van der Waals surface area contributed by atoms with Crippen LogP contribution in [0.5, 0.6) is 17.2 Å². The highest BCUT2D eigenvalue weighted by Crippen LogP contribution is 2.60. The van der Waals surface area contributed by atoms with E-state index in [1.807, 2.05) is 13.8 Å². The first-order valence-electron chi connectivity index (χ1n) is 7.81. The number of methoxy groups -OCH3 is 1. The van der Waals surface area contributed by atoms with Crippen molar-refractivity contribution >= 4 is 5.97 Å². The molecule has 2 atom stereocenters. The molecular formula is C17H20O5. The average molecular weight is 304 g/mol. The minimum Gasteiger partial charge on any atom is -0.492 e. The molecule has 3 aliphatic rings. The molecule has 2 aliphatic heterocycles. The van der Waals surface area contributed by atoms with Gasteiger partial charge < -0.3 is 19.3 Å². The van der Waals surface area contributed by atoms with Crippen molar-refractivity contribution in [1.29, 1.82) is 0 Å². The summed E-state index contributed by atoms with van der Waals surface area (Å²) >= 11 is 0. The van der Waals surface area contributed by atoms with E-state index < -0.39 is 11.4 Å². The summed E-state index contributed by atoms with van der Waals surface area (Å²) in [6.07, 6.45) is 2.84. The summed E-state index contributed by atoms with van der Waals surface area (Å²) in [5.74, 6) is 1.43. The molecular weight excluding hydrogens is 284 g/mol. The molecule has 0 amide bonds. The van der Waals surface area contributed by atoms with Crippen molar-refractivity contribution in [3.05, 3.63) is 16.7 Å². The Morgan fingerprint density at radius 1 is 1.14 bits per heavy atom. The summed E-state index contributed by atoms with van der Waals surface area (Å²) in [5.41, 5.74) is 1.99. The van der Waals surface area contributed by atoms with Crippen LogP contribution in [0.3, 0.4) is 0 Å². The predicted molar refractivity (Wildman–Crippen MR) is 79.1 cm³/mol. The number of carbonyl (C=O) groups is 1. The van der Waals surface area contributed by atoms with Gasteiger partial charge in [0, 0.05) is 29.5 Å². The molecule has 22 heavy (non-hydrogen) atoms. The van der Waals surface area contributed by atoms with Gasteiger partial charge in [0.05, 0.1) is 12.5 Å². The average Bonchev–Trinajstić information content (AvgIpc) is 3.04. The Hall–Kier alpha value is -1.91. The van der Waals surface area contributed by atoms with Gasteiger partial charge in [-0.1, -0.05) is 0 Å². The lowest BCUT2D eigenvalue weighted by atomic mass is 9.86. The first-order chi connectivity index (χ1) is 10.5. The van der Waals surface area contributed by atoms with Crippen molar-refractivity contribution in [3.8, 4) is 17.2 Å². The molecule has 1 saturated carbocycles. The molecule has 4 rings (SSSR count). The van der Waals surface area contributed by atoms with Gasteiger partial charge in [-0.2, -0.15) is 0 Å². The quantitative estimate of drug-likeness (QED) is 0.929. The monoisotopic (exact) mass is 304 g/mol. The number of benzene rings is 1. The van der Waals surface area contributed by atoms with Crippen molar-refractivity contribution in [1.82, 2.24) is 0 Å².